The van der Waals surface area contributed by atoms with Crippen LogP contribution in [0.5, 0.6) is 0 Å². The maximum absolute atomic E-state index is 12.9. The number of halogens is 2. The van der Waals surface area contributed by atoms with Crippen LogP contribution in [0.4, 0.5) is 15.9 Å². The molecule has 19 heavy (non-hydrogen) atoms. The molecular weight excluding hydrogens is 362 g/mol. The standard InChI is InChI=1S/C12H10FIN4O/c1-15-11-6-16-10(5-17-11)12(19)18-9-3-2-7(13)4-8(9)14/h2-6H,1H3,(H,15,17)(H,18,19). The molecule has 7 heteroatoms. The number of aromatic nitrogens is 2. The number of nitrogens with one attached hydrogen (secondary N) is 2. The molecule has 0 aliphatic carbocycles. The molecule has 0 spiro atoms. The van der Waals surface area contributed by atoms with Gasteiger partial charge in [0.25, 0.3) is 5.91 Å². The molecule has 98 valence electrons. The predicted octanol–water partition coefficient (Wildman–Crippen LogP) is 2.51. The van der Waals surface area contributed by atoms with Crippen LogP contribution in [0.2, 0.25) is 0 Å². The third-order valence-corrected chi connectivity index (χ3v) is 3.21. The summed E-state index contributed by atoms with van der Waals surface area (Å²) in [4.78, 5) is 19.9. The third-order valence-electron chi connectivity index (χ3n) is 2.32. The summed E-state index contributed by atoms with van der Waals surface area (Å²) in [6.45, 7) is 0. The fraction of sp³-hybridized carbons (Fsp3) is 0.0833. The van der Waals surface area contributed by atoms with Crippen molar-refractivity contribution >= 4 is 40.0 Å². The van der Waals surface area contributed by atoms with Crippen LogP contribution in [0.15, 0.2) is 30.6 Å². The quantitative estimate of drug-likeness (QED) is 0.813. The predicted molar refractivity (Wildman–Crippen MR) is 78.6 cm³/mol. The van der Waals surface area contributed by atoms with Gasteiger partial charge in [0, 0.05) is 10.6 Å². The van der Waals surface area contributed by atoms with E-state index in [-0.39, 0.29) is 17.4 Å². The highest BCUT2D eigenvalue weighted by Crippen LogP contribution is 2.19. The van der Waals surface area contributed by atoms with E-state index in [0.29, 0.717) is 15.1 Å². The van der Waals surface area contributed by atoms with Crippen molar-refractivity contribution in [3.63, 3.8) is 0 Å². The third kappa shape index (κ3) is 3.37. The van der Waals surface area contributed by atoms with Crippen LogP contribution in [0, 0.1) is 9.39 Å². The van der Waals surface area contributed by atoms with Gasteiger partial charge in [0.2, 0.25) is 0 Å². The molecule has 2 N–H and O–H groups in total. The number of amides is 1. The summed E-state index contributed by atoms with van der Waals surface area (Å²) in [6.07, 6.45) is 2.84. The average Bonchev–Trinajstić information content (AvgIpc) is 2.42. The molecule has 0 aliphatic heterocycles. The van der Waals surface area contributed by atoms with Gasteiger partial charge in [0.15, 0.2) is 0 Å². The van der Waals surface area contributed by atoms with Gasteiger partial charge in [0.05, 0.1) is 18.1 Å². The van der Waals surface area contributed by atoms with Crippen LogP contribution in [0.1, 0.15) is 10.5 Å². The van der Waals surface area contributed by atoms with Gasteiger partial charge in [-0.15, -0.1) is 0 Å². The van der Waals surface area contributed by atoms with Crippen LogP contribution in [-0.2, 0) is 0 Å². The molecule has 1 heterocycles. The lowest BCUT2D eigenvalue weighted by atomic mass is 10.3. The second-order valence-electron chi connectivity index (χ2n) is 3.62. The maximum atomic E-state index is 12.9. The summed E-state index contributed by atoms with van der Waals surface area (Å²) < 4.78 is 13.6. The van der Waals surface area contributed by atoms with Crippen molar-refractivity contribution in [2.24, 2.45) is 0 Å². The van der Waals surface area contributed by atoms with E-state index in [1.807, 2.05) is 22.6 Å². The molecule has 0 saturated heterocycles. The fourth-order valence-corrected chi connectivity index (χ4v) is 1.96. The second kappa shape index (κ2) is 5.91. The van der Waals surface area contributed by atoms with Gasteiger partial charge < -0.3 is 10.6 Å². The highest BCUT2D eigenvalue weighted by atomic mass is 127. The van der Waals surface area contributed by atoms with Crippen molar-refractivity contribution in [1.29, 1.82) is 0 Å². The van der Waals surface area contributed by atoms with Crippen molar-refractivity contribution < 1.29 is 9.18 Å². The molecule has 2 rings (SSSR count). The SMILES string of the molecule is CNc1cnc(C(=O)Nc2ccc(F)cc2I)cn1. The lowest BCUT2D eigenvalue weighted by Gasteiger charge is -2.07. The van der Waals surface area contributed by atoms with Crippen LogP contribution in [0.3, 0.4) is 0 Å². The first-order chi connectivity index (χ1) is 9.10. The highest BCUT2D eigenvalue weighted by Gasteiger charge is 2.10. The molecule has 0 radical (unpaired) electrons. The molecule has 0 aliphatic rings. The van der Waals surface area contributed by atoms with Gasteiger partial charge in [-0.1, -0.05) is 0 Å². The normalized spacial score (nSPS) is 10.1. The van der Waals surface area contributed by atoms with Crippen LogP contribution in [0.25, 0.3) is 0 Å². The van der Waals surface area contributed by atoms with E-state index in [4.69, 9.17) is 0 Å². The van der Waals surface area contributed by atoms with Crippen molar-refractivity contribution in [2.45, 2.75) is 0 Å². The minimum atomic E-state index is -0.389. The number of benzene rings is 1. The minimum absolute atomic E-state index is 0.194. The van der Waals surface area contributed by atoms with Gasteiger partial charge in [0.1, 0.15) is 17.3 Å². The lowest BCUT2D eigenvalue weighted by Crippen LogP contribution is -2.15. The number of nitrogens with zero attached hydrogens (tertiary/aromatic N) is 2. The molecule has 1 amide bonds. The van der Waals surface area contributed by atoms with Crippen molar-refractivity contribution in [1.82, 2.24) is 9.97 Å². The zero-order valence-electron chi connectivity index (χ0n) is 9.95. The van der Waals surface area contributed by atoms with E-state index in [2.05, 4.69) is 20.6 Å². The number of carbonyl (C=O) groups excluding carboxylic acids is 1. The van der Waals surface area contributed by atoms with E-state index < -0.39 is 0 Å². The number of hydrogen-bond acceptors (Lipinski definition) is 4. The topological polar surface area (TPSA) is 66.9 Å². The molecule has 0 bridgehead atoms. The Morgan fingerprint density at radius 1 is 1.32 bits per heavy atom. The van der Waals surface area contributed by atoms with Gasteiger partial charge >= 0.3 is 0 Å². The summed E-state index contributed by atoms with van der Waals surface area (Å²) >= 11 is 1.95. The minimum Gasteiger partial charge on any atom is -0.372 e. The summed E-state index contributed by atoms with van der Waals surface area (Å²) in [5.74, 6) is -0.159. The Bertz CT molecular complexity index is 603. The van der Waals surface area contributed by atoms with Gasteiger partial charge in [-0.2, -0.15) is 0 Å². The zero-order chi connectivity index (χ0) is 13.8. The van der Waals surface area contributed by atoms with Crippen molar-refractivity contribution in [3.8, 4) is 0 Å². The Kier molecular flexibility index (Phi) is 4.25. The number of hydrogen-bond donors (Lipinski definition) is 2. The maximum Gasteiger partial charge on any atom is 0.275 e. The molecular formula is C12H10FIN4O. The van der Waals surface area contributed by atoms with Crippen LogP contribution >= 0.6 is 22.6 Å². The summed E-state index contributed by atoms with van der Waals surface area (Å²) in [5.41, 5.74) is 0.727. The zero-order valence-corrected chi connectivity index (χ0v) is 12.1. The van der Waals surface area contributed by atoms with E-state index in [0.717, 1.165) is 0 Å². The number of carbonyl (C=O) groups is 1. The summed E-state index contributed by atoms with van der Waals surface area (Å²) in [6, 6.07) is 4.13. The second-order valence-corrected chi connectivity index (χ2v) is 4.78. The largest absolute Gasteiger partial charge is 0.372 e. The Hall–Kier alpha value is -1.77. The van der Waals surface area contributed by atoms with Gasteiger partial charge in [-0.25, -0.2) is 14.4 Å². The van der Waals surface area contributed by atoms with Gasteiger partial charge in [-0.05, 0) is 40.8 Å². The molecule has 0 fully saturated rings. The first kappa shape index (κ1) is 13.7. The summed E-state index contributed by atoms with van der Waals surface area (Å²) in [7, 11) is 1.71. The van der Waals surface area contributed by atoms with Crippen LogP contribution < -0.4 is 10.6 Å². The van der Waals surface area contributed by atoms with Gasteiger partial charge in [-0.3, -0.25) is 4.79 Å². The molecule has 0 unspecified atom stereocenters. The fourth-order valence-electron chi connectivity index (χ4n) is 1.35. The van der Waals surface area contributed by atoms with E-state index >= 15 is 0 Å². The van der Waals surface area contributed by atoms with Crippen molar-refractivity contribution in [2.75, 3.05) is 17.7 Å². The first-order valence-electron chi connectivity index (χ1n) is 5.36. The molecule has 2 aromatic rings. The Labute approximate surface area is 122 Å². The lowest BCUT2D eigenvalue weighted by molar-refractivity contribution is 0.102. The van der Waals surface area contributed by atoms with Crippen molar-refractivity contribution in [3.05, 3.63) is 45.7 Å². The van der Waals surface area contributed by atoms with E-state index in [9.17, 15) is 9.18 Å². The van der Waals surface area contributed by atoms with Crippen LogP contribution in [-0.4, -0.2) is 22.9 Å². The summed E-state index contributed by atoms with van der Waals surface area (Å²) in [5, 5.41) is 5.47. The van der Waals surface area contributed by atoms with E-state index in [1.165, 1.54) is 30.6 Å². The molecule has 0 atom stereocenters. The molecule has 1 aromatic heterocycles. The molecule has 5 nitrogen and oxygen atoms in total. The Morgan fingerprint density at radius 2 is 2.11 bits per heavy atom. The molecule has 0 saturated carbocycles. The highest BCUT2D eigenvalue weighted by molar-refractivity contribution is 14.1. The smallest absolute Gasteiger partial charge is 0.275 e. The average molecular weight is 372 g/mol. The number of anilines is 2. The first-order valence-corrected chi connectivity index (χ1v) is 6.44. The Morgan fingerprint density at radius 3 is 2.68 bits per heavy atom. The number of rotatable bonds is 3. The molecule has 1 aromatic carbocycles. The van der Waals surface area contributed by atoms with E-state index in [1.54, 1.807) is 7.05 Å². The Balaban J connectivity index is 2.15. The monoisotopic (exact) mass is 372 g/mol.